The van der Waals surface area contributed by atoms with E-state index in [0.717, 1.165) is 11.1 Å². The van der Waals surface area contributed by atoms with E-state index < -0.39 is 24.5 Å². The molecule has 7 nitrogen and oxygen atoms in total. The van der Waals surface area contributed by atoms with E-state index >= 15 is 0 Å². The second-order valence-electron chi connectivity index (χ2n) is 7.72. The molecular formula is C24H30N2O5. The van der Waals surface area contributed by atoms with Gasteiger partial charge in [0.05, 0.1) is 25.4 Å². The summed E-state index contributed by atoms with van der Waals surface area (Å²) in [6.07, 6.45) is -1.65. The van der Waals surface area contributed by atoms with E-state index in [1.807, 2.05) is 67.6 Å². The van der Waals surface area contributed by atoms with Crippen molar-refractivity contribution in [3.63, 3.8) is 0 Å². The number of ether oxygens (including phenoxy) is 3. The molecule has 0 unspecified atom stereocenters. The van der Waals surface area contributed by atoms with Gasteiger partial charge in [0.15, 0.2) is 6.29 Å². The molecule has 2 amide bonds. The van der Waals surface area contributed by atoms with Crippen LogP contribution in [0.3, 0.4) is 0 Å². The summed E-state index contributed by atoms with van der Waals surface area (Å²) in [4.78, 5) is 23.9. The molecule has 2 aromatic rings. The van der Waals surface area contributed by atoms with Gasteiger partial charge in [0.1, 0.15) is 12.1 Å². The Bertz CT molecular complexity index is 846. The number of hydrogen-bond donors (Lipinski definition) is 2. The highest BCUT2D eigenvalue weighted by Gasteiger charge is 2.46. The Balaban J connectivity index is 1.81. The standard InChI is InChI=1S/C24H30N2O5/c1-16-21(25-17(2)27)23(29-14-19-10-6-4-7-11-19)22(26-18(3)28)24(31-16)30-15-20-12-8-5-9-13-20/h4-13,16,21-24H,14-15H2,1-3H3,(H,25,27)(H,26,28)/t16-,21-,22+,23+,24+/m1/s1. The molecule has 0 aliphatic carbocycles. The second kappa shape index (κ2) is 11.0. The molecule has 0 aromatic heterocycles. The predicted molar refractivity (Wildman–Crippen MR) is 116 cm³/mol. The third-order valence-corrected chi connectivity index (χ3v) is 5.14. The van der Waals surface area contributed by atoms with Crippen LogP contribution in [0.2, 0.25) is 0 Å². The highest BCUT2D eigenvalue weighted by atomic mass is 16.7. The maximum absolute atomic E-state index is 12.0. The van der Waals surface area contributed by atoms with Crippen molar-refractivity contribution in [3.05, 3.63) is 71.8 Å². The lowest BCUT2D eigenvalue weighted by molar-refractivity contribution is -0.249. The van der Waals surface area contributed by atoms with E-state index in [0.29, 0.717) is 13.2 Å². The predicted octanol–water partition coefficient (Wildman–Crippen LogP) is 2.54. The first-order valence-electron chi connectivity index (χ1n) is 10.4. The molecule has 0 spiro atoms. The lowest BCUT2D eigenvalue weighted by Gasteiger charge is -2.45. The fourth-order valence-electron chi connectivity index (χ4n) is 3.71. The largest absolute Gasteiger partial charge is 0.369 e. The van der Waals surface area contributed by atoms with E-state index in [1.165, 1.54) is 13.8 Å². The Hall–Kier alpha value is -2.74. The van der Waals surface area contributed by atoms with Gasteiger partial charge in [-0.2, -0.15) is 0 Å². The summed E-state index contributed by atoms with van der Waals surface area (Å²) in [5.41, 5.74) is 1.98. The molecule has 1 saturated heterocycles. The number of hydrogen-bond acceptors (Lipinski definition) is 5. The molecule has 1 heterocycles. The summed E-state index contributed by atoms with van der Waals surface area (Å²) in [6.45, 7) is 5.41. The van der Waals surface area contributed by atoms with Crippen LogP contribution in [0, 0.1) is 0 Å². The first kappa shape index (κ1) is 22.9. The number of rotatable bonds is 8. The number of benzene rings is 2. The summed E-state index contributed by atoms with van der Waals surface area (Å²) >= 11 is 0. The van der Waals surface area contributed by atoms with Crippen LogP contribution in [0.5, 0.6) is 0 Å². The van der Waals surface area contributed by atoms with Crippen molar-refractivity contribution in [2.45, 2.75) is 64.6 Å². The molecular weight excluding hydrogens is 396 g/mol. The van der Waals surface area contributed by atoms with Crippen molar-refractivity contribution in [3.8, 4) is 0 Å². The molecule has 5 atom stereocenters. The average Bonchev–Trinajstić information content (AvgIpc) is 2.75. The Morgan fingerprint density at radius 1 is 0.806 bits per heavy atom. The average molecular weight is 427 g/mol. The molecule has 1 fully saturated rings. The van der Waals surface area contributed by atoms with Crippen LogP contribution in [0.1, 0.15) is 31.9 Å². The van der Waals surface area contributed by atoms with Gasteiger partial charge in [0.2, 0.25) is 11.8 Å². The lowest BCUT2D eigenvalue weighted by Crippen LogP contribution is -2.68. The van der Waals surface area contributed by atoms with Crippen LogP contribution in [0.15, 0.2) is 60.7 Å². The monoisotopic (exact) mass is 426 g/mol. The van der Waals surface area contributed by atoms with Gasteiger partial charge in [-0.05, 0) is 18.1 Å². The number of amides is 2. The van der Waals surface area contributed by atoms with Gasteiger partial charge in [-0.25, -0.2) is 0 Å². The van der Waals surface area contributed by atoms with E-state index in [-0.39, 0.29) is 17.9 Å². The zero-order chi connectivity index (χ0) is 22.2. The molecule has 0 saturated carbocycles. The van der Waals surface area contributed by atoms with Crippen molar-refractivity contribution in [1.82, 2.24) is 10.6 Å². The minimum atomic E-state index is -0.732. The quantitative estimate of drug-likeness (QED) is 0.678. The van der Waals surface area contributed by atoms with Crippen molar-refractivity contribution in [2.75, 3.05) is 0 Å². The van der Waals surface area contributed by atoms with Crippen LogP contribution < -0.4 is 10.6 Å². The molecule has 3 rings (SSSR count). The van der Waals surface area contributed by atoms with Crippen molar-refractivity contribution in [1.29, 1.82) is 0 Å². The number of nitrogens with one attached hydrogen (secondary N) is 2. The Kier molecular flexibility index (Phi) is 8.17. The van der Waals surface area contributed by atoms with E-state index in [9.17, 15) is 9.59 Å². The maximum Gasteiger partial charge on any atom is 0.217 e. The number of carbonyl (C=O) groups is 2. The van der Waals surface area contributed by atoms with Gasteiger partial charge in [-0.3, -0.25) is 9.59 Å². The highest BCUT2D eigenvalue weighted by Crippen LogP contribution is 2.26. The minimum absolute atomic E-state index is 0.195. The van der Waals surface area contributed by atoms with E-state index in [4.69, 9.17) is 14.2 Å². The van der Waals surface area contributed by atoms with E-state index in [1.54, 1.807) is 0 Å². The van der Waals surface area contributed by atoms with Crippen LogP contribution in [-0.4, -0.2) is 42.4 Å². The normalized spacial score (nSPS) is 25.6. The zero-order valence-corrected chi connectivity index (χ0v) is 18.1. The molecule has 1 aliphatic heterocycles. The summed E-state index contributed by atoms with van der Waals surface area (Å²) in [5, 5.41) is 5.83. The molecule has 7 heteroatoms. The SMILES string of the molecule is CC(=O)N[C@@H]1[C@@H](OCc2ccccc2)O[C@H](C)[C@@H](NC(C)=O)[C@@H]1OCc1ccccc1. The van der Waals surface area contributed by atoms with Gasteiger partial charge >= 0.3 is 0 Å². The van der Waals surface area contributed by atoms with Crippen LogP contribution in [0.4, 0.5) is 0 Å². The van der Waals surface area contributed by atoms with Crippen LogP contribution in [-0.2, 0) is 37.0 Å². The van der Waals surface area contributed by atoms with Gasteiger partial charge < -0.3 is 24.8 Å². The van der Waals surface area contributed by atoms with E-state index in [2.05, 4.69) is 10.6 Å². The highest BCUT2D eigenvalue weighted by molar-refractivity contribution is 5.74. The fraction of sp³-hybridized carbons (Fsp3) is 0.417. The smallest absolute Gasteiger partial charge is 0.217 e. The summed E-state index contributed by atoms with van der Waals surface area (Å²) < 4.78 is 18.4. The minimum Gasteiger partial charge on any atom is -0.369 e. The Morgan fingerprint density at radius 2 is 1.29 bits per heavy atom. The molecule has 2 N–H and O–H groups in total. The van der Waals surface area contributed by atoms with Crippen molar-refractivity contribution in [2.24, 2.45) is 0 Å². The lowest BCUT2D eigenvalue weighted by atomic mass is 9.94. The summed E-state index contributed by atoms with van der Waals surface area (Å²) in [5.74, 6) is -0.426. The van der Waals surface area contributed by atoms with Gasteiger partial charge in [0.25, 0.3) is 0 Å². The van der Waals surface area contributed by atoms with Crippen LogP contribution >= 0.6 is 0 Å². The summed E-state index contributed by atoms with van der Waals surface area (Å²) in [6, 6.07) is 18.4. The molecule has 2 aromatic carbocycles. The van der Waals surface area contributed by atoms with Gasteiger partial charge in [-0.1, -0.05) is 60.7 Å². The Labute approximate surface area is 183 Å². The molecule has 0 radical (unpaired) electrons. The molecule has 31 heavy (non-hydrogen) atoms. The first-order valence-corrected chi connectivity index (χ1v) is 10.4. The third kappa shape index (κ3) is 6.62. The topological polar surface area (TPSA) is 85.9 Å². The number of carbonyl (C=O) groups excluding carboxylic acids is 2. The zero-order valence-electron chi connectivity index (χ0n) is 18.1. The molecule has 1 aliphatic rings. The van der Waals surface area contributed by atoms with Crippen molar-refractivity contribution >= 4 is 11.8 Å². The maximum atomic E-state index is 12.0. The fourth-order valence-corrected chi connectivity index (χ4v) is 3.71. The Morgan fingerprint density at radius 3 is 1.81 bits per heavy atom. The molecule has 166 valence electrons. The van der Waals surface area contributed by atoms with Gasteiger partial charge in [0, 0.05) is 13.8 Å². The van der Waals surface area contributed by atoms with Crippen molar-refractivity contribution < 1.29 is 23.8 Å². The second-order valence-corrected chi connectivity index (χ2v) is 7.72. The van der Waals surface area contributed by atoms with Crippen LogP contribution in [0.25, 0.3) is 0 Å². The van der Waals surface area contributed by atoms with Gasteiger partial charge in [-0.15, -0.1) is 0 Å². The molecule has 0 bridgehead atoms. The third-order valence-electron chi connectivity index (χ3n) is 5.14. The first-order chi connectivity index (χ1) is 14.9. The summed E-state index contributed by atoms with van der Waals surface area (Å²) in [7, 11) is 0.